The monoisotopic (exact) mass is 338 g/mol. The highest BCUT2D eigenvalue weighted by Gasteiger charge is 2.30. The number of carboxylic acid groups (broad SMARTS) is 1. The summed E-state index contributed by atoms with van der Waals surface area (Å²) in [7, 11) is 0. The molecular weight excluding hydrogens is 318 g/mol. The molecular formula is C17H20F2N2O3. The number of urea groups is 1. The largest absolute Gasteiger partial charge is 0.481 e. The average molecular weight is 338 g/mol. The van der Waals surface area contributed by atoms with Gasteiger partial charge in [-0.1, -0.05) is 0 Å². The molecule has 5 nitrogen and oxygen atoms in total. The predicted octanol–water partition coefficient (Wildman–Crippen LogP) is 2.85. The van der Waals surface area contributed by atoms with Gasteiger partial charge in [0.15, 0.2) is 0 Å². The van der Waals surface area contributed by atoms with Crippen molar-refractivity contribution < 1.29 is 23.5 Å². The Morgan fingerprint density at radius 2 is 1.88 bits per heavy atom. The number of amides is 2. The molecule has 7 heteroatoms. The average Bonchev–Trinajstić information content (AvgIpc) is 2.55. The van der Waals surface area contributed by atoms with Crippen LogP contribution in [0.25, 0.3) is 0 Å². The van der Waals surface area contributed by atoms with E-state index in [1.807, 2.05) is 0 Å². The van der Waals surface area contributed by atoms with Crippen LogP contribution in [0.1, 0.15) is 42.9 Å². The highest BCUT2D eigenvalue weighted by atomic mass is 19.1. The third-order valence-electron chi connectivity index (χ3n) is 4.92. The molecule has 0 spiro atoms. The molecule has 2 amide bonds. The van der Waals surface area contributed by atoms with E-state index >= 15 is 0 Å². The molecule has 0 saturated carbocycles. The number of likely N-dealkylation sites (tertiary alicyclic amines) is 1. The van der Waals surface area contributed by atoms with Gasteiger partial charge in [0.05, 0.1) is 12.0 Å². The van der Waals surface area contributed by atoms with Crippen LogP contribution in [0.5, 0.6) is 0 Å². The van der Waals surface area contributed by atoms with Crippen molar-refractivity contribution in [1.82, 2.24) is 10.2 Å². The zero-order valence-corrected chi connectivity index (χ0v) is 13.2. The van der Waals surface area contributed by atoms with Gasteiger partial charge in [-0.05, 0) is 49.3 Å². The zero-order valence-electron chi connectivity index (χ0n) is 13.2. The molecule has 1 aliphatic carbocycles. The van der Waals surface area contributed by atoms with Crippen molar-refractivity contribution in [2.45, 2.75) is 38.1 Å². The second kappa shape index (κ2) is 6.75. The van der Waals surface area contributed by atoms with Gasteiger partial charge < -0.3 is 15.3 Å². The molecule has 1 fully saturated rings. The van der Waals surface area contributed by atoms with Crippen molar-refractivity contribution in [3.8, 4) is 0 Å². The number of aliphatic carboxylic acids is 1. The van der Waals surface area contributed by atoms with Gasteiger partial charge in [0.25, 0.3) is 0 Å². The van der Waals surface area contributed by atoms with Gasteiger partial charge in [-0.25, -0.2) is 13.6 Å². The van der Waals surface area contributed by atoms with Crippen LogP contribution in [0.15, 0.2) is 12.1 Å². The first-order valence-corrected chi connectivity index (χ1v) is 8.21. The van der Waals surface area contributed by atoms with Gasteiger partial charge in [0.2, 0.25) is 0 Å². The number of fused-ring (bicyclic) bond motifs is 1. The Morgan fingerprint density at radius 1 is 1.17 bits per heavy atom. The van der Waals surface area contributed by atoms with E-state index in [2.05, 4.69) is 5.32 Å². The van der Waals surface area contributed by atoms with Crippen molar-refractivity contribution in [3.05, 3.63) is 34.9 Å². The van der Waals surface area contributed by atoms with Crippen LogP contribution in [0, 0.1) is 17.6 Å². The Hall–Kier alpha value is -2.18. The first-order valence-electron chi connectivity index (χ1n) is 8.21. The van der Waals surface area contributed by atoms with E-state index in [-0.39, 0.29) is 6.03 Å². The number of carbonyl (C=O) groups excluding carboxylic acids is 1. The smallest absolute Gasteiger partial charge is 0.317 e. The van der Waals surface area contributed by atoms with Gasteiger partial charge in [-0.2, -0.15) is 0 Å². The molecule has 1 saturated heterocycles. The molecule has 0 bridgehead atoms. The number of hydrogen-bond donors (Lipinski definition) is 2. The third-order valence-corrected chi connectivity index (χ3v) is 4.92. The van der Waals surface area contributed by atoms with E-state index in [1.54, 1.807) is 4.90 Å². The minimum Gasteiger partial charge on any atom is -0.481 e. The lowest BCUT2D eigenvalue weighted by Crippen LogP contribution is -2.46. The Morgan fingerprint density at radius 3 is 2.54 bits per heavy atom. The van der Waals surface area contributed by atoms with E-state index in [4.69, 9.17) is 5.11 Å². The van der Waals surface area contributed by atoms with Gasteiger partial charge in [-0.15, -0.1) is 0 Å². The van der Waals surface area contributed by atoms with E-state index in [0.29, 0.717) is 49.9 Å². The Labute approximate surface area is 138 Å². The Bertz CT molecular complexity index is 657. The number of piperidine rings is 1. The maximum atomic E-state index is 13.9. The Kier molecular flexibility index (Phi) is 4.69. The van der Waals surface area contributed by atoms with E-state index < -0.39 is 29.6 Å². The van der Waals surface area contributed by atoms with Crippen molar-refractivity contribution in [2.24, 2.45) is 5.92 Å². The zero-order chi connectivity index (χ0) is 17.3. The summed E-state index contributed by atoms with van der Waals surface area (Å²) >= 11 is 0. The summed E-state index contributed by atoms with van der Waals surface area (Å²) in [5, 5.41) is 11.8. The number of rotatable bonds is 2. The molecule has 130 valence electrons. The first kappa shape index (κ1) is 16.7. The molecule has 1 atom stereocenters. The van der Waals surface area contributed by atoms with E-state index in [0.717, 1.165) is 12.5 Å². The summed E-state index contributed by atoms with van der Waals surface area (Å²) in [6.45, 7) is 0.750. The van der Waals surface area contributed by atoms with Gasteiger partial charge in [-0.3, -0.25) is 4.79 Å². The van der Waals surface area contributed by atoms with Crippen molar-refractivity contribution in [2.75, 3.05) is 13.1 Å². The molecule has 2 N–H and O–H groups in total. The summed E-state index contributed by atoms with van der Waals surface area (Å²) in [6, 6.07) is 1.45. The SMILES string of the molecule is O=C(O)C1CCN(C(=O)N[C@@H]2CCCc3c(F)cc(F)cc32)CC1. The molecule has 1 heterocycles. The molecule has 0 aromatic heterocycles. The van der Waals surface area contributed by atoms with Crippen molar-refractivity contribution >= 4 is 12.0 Å². The van der Waals surface area contributed by atoms with Gasteiger partial charge in [0, 0.05) is 19.2 Å². The summed E-state index contributed by atoms with van der Waals surface area (Å²) in [6.07, 6.45) is 2.74. The second-order valence-corrected chi connectivity index (χ2v) is 6.45. The quantitative estimate of drug-likeness (QED) is 0.871. The molecule has 0 radical (unpaired) electrons. The highest BCUT2D eigenvalue weighted by molar-refractivity contribution is 5.76. The molecule has 1 aromatic carbocycles. The topological polar surface area (TPSA) is 69.6 Å². The maximum absolute atomic E-state index is 13.9. The number of nitrogens with zero attached hydrogens (tertiary/aromatic N) is 1. The minimum atomic E-state index is -0.831. The third kappa shape index (κ3) is 3.34. The fourth-order valence-corrected chi connectivity index (χ4v) is 3.56. The number of benzene rings is 1. The van der Waals surface area contributed by atoms with E-state index in [9.17, 15) is 18.4 Å². The van der Waals surface area contributed by atoms with Crippen LogP contribution < -0.4 is 5.32 Å². The van der Waals surface area contributed by atoms with Gasteiger partial charge >= 0.3 is 12.0 Å². The predicted molar refractivity (Wildman–Crippen MR) is 82.5 cm³/mol. The molecule has 24 heavy (non-hydrogen) atoms. The van der Waals surface area contributed by atoms with Crippen molar-refractivity contribution in [3.63, 3.8) is 0 Å². The standard InChI is InChI=1S/C17H20F2N2O3/c18-11-8-13-12(14(19)9-11)2-1-3-15(13)20-17(24)21-6-4-10(5-7-21)16(22)23/h8-10,15H,1-7H2,(H,20,24)(H,22,23)/t15-/m1/s1. The van der Waals surface area contributed by atoms with Crippen LogP contribution in [0.3, 0.4) is 0 Å². The van der Waals surface area contributed by atoms with Crippen LogP contribution in [-0.4, -0.2) is 35.1 Å². The van der Waals surface area contributed by atoms with Crippen molar-refractivity contribution in [1.29, 1.82) is 0 Å². The number of nitrogens with one attached hydrogen (secondary N) is 1. The molecule has 0 unspecified atom stereocenters. The summed E-state index contributed by atoms with van der Waals surface area (Å²) < 4.78 is 27.4. The summed E-state index contributed by atoms with van der Waals surface area (Å²) in [4.78, 5) is 24.9. The van der Waals surface area contributed by atoms with Gasteiger partial charge in [0.1, 0.15) is 11.6 Å². The number of carbonyl (C=O) groups is 2. The first-order chi connectivity index (χ1) is 11.5. The summed E-state index contributed by atoms with van der Waals surface area (Å²) in [5.74, 6) is -2.45. The second-order valence-electron chi connectivity index (χ2n) is 6.45. The molecule has 1 aliphatic heterocycles. The highest BCUT2D eigenvalue weighted by Crippen LogP contribution is 2.32. The molecule has 2 aliphatic rings. The number of halogens is 2. The number of carboxylic acids is 1. The molecule has 1 aromatic rings. The lowest BCUT2D eigenvalue weighted by Gasteiger charge is -2.33. The summed E-state index contributed by atoms with van der Waals surface area (Å²) in [5.41, 5.74) is 0.977. The fourth-order valence-electron chi connectivity index (χ4n) is 3.56. The van der Waals surface area contributed by atoms with Crippen LogP contribution in [-0.2, 0) is 11.2 Å². The maximum Gasteiger partial charge on any atom is 0.317 e. The molecule has 3 rings (SSSR count). The van der Waals surface area contributed by atoms with E-state index in [1.165, 1.54) is 6.07 Å². The Balaban J connectivity index is 1.67. The lowest BCUT2D eigenvalue weighted by molar-refractivity contribution is -0.143. The van der Waals surface area contributed by atoms with Crippen LogP contribution >= 0.6 is 0 Å². The fraction of sp³-hybridized carbons (Fsp3) is 0.529. The minimum absolute atomic E-state index is 0.304. The number of hydrogen-bond acceptors (Lipinski definition) is 2. The van der Waals surface area contributed by atoms with Crippen LogP contribution in [0.4, 0.5) is 13.6 Å². The normalized spacial score (nSPS) is 21.2. The lowest BCUT2D eigenvalue weighted by atomic mass is 9.87. The van der Waals surface area contributed by atoms with Crippen LogP contribution in [0.2, 0.25) is 0 Å².